The van der Waals surface area contributed by atoms with Crippen LogP contribution in [0.2, 0.25) is 0 Å². The van der Waals surface area contributed by atoms with Crippen LogP contribution in [0.15, 0.2) is 105 Å². The Morgan fingerprint density at radius 3 is 2.31 bits per heavy atom. The molecule has 3 aromatic rings. The number of nitrogens with zero attached hydrogens (tertiary/aromatic N) is 5. The molecule has 0 saturated carbocycles. The van der Waals surface area contributed by atoms with Crippen LogP contribution in [0.25, 0.3) is 0 Å². The molecule has 4 amide bonds. The highest BCUT2D eigenvalue weighted by molar-refractivity contribution is 5.87. The second-order valence-electron chi connectivity index (χ2n) is 13.8. The number of carbonyl (C=O) groups is 3. The highest BCUT2D eigenvalue weighted by Gasteiger charge is 2.42. The van der Waals surface area contributed by atoms with Gasteiger partial charge in [-0.15, -0.1) is 5.10 Å². The zero-order valence-electron chi connectivity index (χ0n) is 29.8. The maximum Gasteiger partial charge on any atom is 0.407 e. The zero-order valence-corrected chi connectivity index (χ0v) is 29.8. The smallest absolute Gasteiger partial charge is 0.407 e. The summed E-state index contributed by atoms with van der Waals surface area (Å²) in [5, 5.41) is 36.4. The predicted octanol–water partition coefficient (Wildman–Crippen LogP) is 4.81. The molecule has 4 N–H and O–H groups in total. The van der Waals surface area contributed by atoms with Gasteiger partial charge in [-0.25, -0.2) is 9.59 Å². The van der Waals surface area contributed by atoms with Gasteiger partial charge in [-0.2, -0.15) is 5.11 Å². The van der Waals surface area contributed by atoms with Crippen molar-refractivity contribution in [3.63, 3.8) is 0 Å². The summed E-state index contributed by atoms with van der Waals surface area (Å²) in [6, 6.07) is 18.1. The van der Waals surface area contributed by atoms with Crippen molar-refractivity contribution in [2.45, 2.75) is 82.3 Å². The second-order valence-corrected chi connectivity index (χ2v) is 13.8. The molecule has 1 aliphatic heterocycles. The first-order valence-electron chi connectivity index (χ1n) is 17.7. The summed E-state index contributed by atoms with van der Waals surface area (Å²) in [5.41, 5.74) is 1.09. The van der Waals surface area contributed by atoms with Gasteiger partial charge in [0.1, 0.15) is 11.6 Å². The van der Waals surface area contributed by atoms with Crippen LogP contribution >= 0.6 is 0 Å². The third-order valence-electron chi connectivity index (χ3n) is 9.38. The summed E-state index contributed by atoms with van der Waals surface area (Å²) >= 11 is 0. The Morgan fingerprint density at radius 2 is 1.71 bits per heavy atom. The van der Waals surface area contributed by atoms with Crippen molar-refractivity contribution in [1.29, 1.82) is 0 Å². The van der Waals surface area contributed by atoms with Gasteiger partial charge in [-0.3, -0.25) is 4.79 Å². The molecular formula is C38H48N8O6. The summed E-state index contributed by atoms with van der Waals surface area (Å²) in [6.45, 7) is 3.84. The molecule has 2 aliphatic rings. The molecule has 0 spiro atoms. The van der Waals surface area contributed by atoms with Crippen molar-refractivity contribution in [2.75, 3.05) is 13.6 Å². The standard InChI is InChI=1S/C38H48N8O6/c1-26(2)34(43-36(49)46(3)25-38(24-39-45-44-38)29-16-10-11-17-29)35(48)41-30(20-27-12-6-4-7-13-27)22-33(47)32(21-28-14-8-5-9-15-28)42-37(50)51-23-31-18-19-40-52-31/h4-10,12-16,18-19,24,26,29-30,32-34,47H,11,17,20-23,25H2,1-3H3,(H,41,48)(H,42,50)(H,43,49)/t29?,30-,32-,33-,34-,38?/m0/s1. The van der Waals surface area contributed by atoms with Crippen molar-refractivity contribution in [3.8, 4) is 0 Å². The first-order chi connectivity index (χ1) is 25.1. The van der Waals surface area contributed by atoms with E-state index in [-0.39, 0.29) is 37.3 Å². The number of urea groups is 1. The summed E-state index contributed by atoms with van der Waals surface area (Å²) in [4.78, 5) is 41.9. The van der Waals surface area contributed by atoms with E-state index in [1.165, 1.54) is 11.1 Å². The molecule has 0 radical (unpaired) electrons. The van der Waals surface area contributed by atoms with Crippen LogP contribution in [0.3, 0.4) is 0 Å². The Balaban J connectivity index is 1.28. The second kappa shape index (κ2) is 18.2. The van der Waals surface area contributed by atoms with Gasteiger partial charge in [0.15, 0.2) is 12.4 Å². The van der Waals surface area contributed by atoms with Crippen molar-refractivity contribution in [1.82, 2.24) is 26.0 Å². The third kappa shape index (κ3) is 10.6. The number of carbonyl (C=O) groups excluding carboxylic acids is 3. The number of rotatable bonds is 17. The van der Waals surface area contributed by atoms with E-state index in [0.717, 1.165) is 24.0 Å². The van der Waals surface area contributed by atoms with E-state index < -0.39 is 41.9 Å². The van der Waals surface area contributed by atoms with Gasteiger partial charge < -0.3 is 35.2 Å². The third-order valence-corrected chi connectivity index (χ3v) is 9.38. The SMILES string of the molecule is CC(C)[C@H](NC(=O)N(C)CC1(C2C=CCC2)C=NN=N1)C(=O)N[C@@H](Cc1ccccc1)C[C@H](O)[C@H](Cc1ccccc1)NC(=O)OCc1ccno1. The van der Waals surface area contributed by atoms with Crippen molar-refractivity contribution < 1.29 is 28.8 Å². The molecule has 2 aromatic carbocycles. The summed E-state index contributed by atoms with van der Waals surface area (Å²) in [5.74, 6) is -0.199. The van der Waals surface area contributed by atoms with E-state index in [1.54, 1.807) is 19.3 Å². The number of allylic oxidation sites excluding steroid dienone is 1. The van der Waals surface area contributed by atoms with Crippen LogP contribution < -0.4 is 16.0 Å². The van der Waals surface area contributed by atoms with E-state index in [1.807, 2.05) is 74.5 Å². The number of aromatic nitrogens is 1. The molecule has 14 heteroatoms. The maximum atomic E-state index is 14.0. The summed E-state index contributed by atoms with van der Waals surface area (Å²) in [7, 11) is 1.66. The molecular weight excluding hydrogens is 664 g/mol. The first kappa shape index (κ1) is 37.9. The first-order valence-corrected chi connectivity index (χ1v) is 17.7. The predicted molar refractivity (Wildman–Crippen MR) is 194 cm³/mol. The number of aliphatic hydroxyl groups excluding tert-OH is 1. The number of benzene rings is 2. The van der Waals surface area contributed by atoms with Gasteiger partial charge in [-0.05, 0) is 54.4 Å². The van der Waals surface area contributed by atoms with Gasteiger partial charge in [0.2, 0.25) is 5.91 Å². The average Bonchev–Trinajstić information content (AvgIpc) is 3.95. The average molecular weight is 713 g/mol. The number of aliphatic hydroxyl groups is 1. The lowest BCUT2D eigenvalue weighted by Gasteiger charge is -2.33. The molecule has 2 heterocycles. The van der Waals surface area contributed by atoms with Crippen LogP contribution in [0, 0.1) is 11.8 Å². The number of likely N-dealkylation sites (N-methyl/N-ethyl adjacent to an activating group) is 1. The fourth-order valence-electron chi connectivity index (χ4n) is 6.54. The summed E-state index contributed by atoms with van der Waals surface area (Å²) < 4.78 is 10.3. The van der Waals surface area contributed by atoms with E-state index in [4.69, 9.17) is 9.26 Å². The Bertz CT molecular complexity index is 1670. The molecule has 6 atom stereocenters. The lowest BCUT2D eigenvalue weighted by atomic mass is 9.85. The topological polar surface area (TPSA) is 183 Å². The molecule has 276 valence electrons. The normalized spacial score (nSPS) is 19.9. The highest BCUT2D eigenvalue weighted by Crippen LogP contribution is 2.34. The quantitative estimate of drug-likeness (QED) is 0.145. The van der Waals surface area contributed by atoms with Crippen molar-refractivity contribution in [3.05, 3.63) is 102 Å². The monoisotopic (exact) mass is 712 g/mol. The van der Waals surface area contributed by atoms with Gasteiger partial charge >= 0.3 is 12.1 Å². The lowest BCUT2D eigenvalue weighted by molar-refractivity contribution is -0.124. The van der Waals surface area contributed by atoms with Crippen LogP contribution in [0.5, 0.6) is 0 Å². The maximum absolute atomic E-state index is 14.0. The van der Waals surface area contributed by atoms with Crippen molar-refractivity contribution in [2.24, 2.45) is 27.3 Å². The Labute approximate surface area is 303 Å². The number of hydrogen-bond acceptors (Lipinski definition) is 10. The van der Waals surface area contributed by atoms with Crippen LogP contribution in [-0.4, -0.2) is 82.8 Å². The molecule has 0 saturated heterocycles. The Hall–Kier alpha value is -5.37. The molecule has 14 nitrogen and oxygen atoms in total. The molecule has 1 aromatic heterocycles. The molecule has 2 unspecified atom stereocenters. The van der Waals surface area contributed by atoms with E-state index in [2.05, 4.69) is 48.7 Å². The summed E-state index contributed by atoms with van der Waals surface area (Å²) in [6.07, 6.45) is 8.14. The number of hydrogen-bond donors (Lipinski definition) is 4. The van der Waals surface area contributed by atoms with E-state index in [0.29, 0.717) is 18.6 Å². The Kier molecular flexibility index (Phi) is 13.3. The number of amides is 4. The molecule has 1 aliphatic carbocycles. The highest BCUT2D eigenvalue weighted by atomic mass is 16.6. The van der Waals surface area contributed by atoms with Gasteiger partial charge in [0, 0.05) is 25.1 Å². The number of ether oxygens (including phenoxy) is 1. The number of nitrogens with one attached hydrogen (secondary N) is 3. The molecule has 0 fully saturated rings. The van der Waals surface area contributed by atoms with Gasteiger partial charge in [0.25, 0.3) is 0 Å². The molecule has 5 rings (SSSR count). The van der Waals surface area contributed by atoms with Crippen LogP contribution in [0.4, 0.5) is 9.59 Å². The lowest BCUT2D eigenvalue weighted by Crippen LogP contribution is -2.57. The van der Waals surface area contributed by atoms with Gasteiger partial charge in [0.05, 0.1) is 31.1 Å². The van der Waals surface area contributed by atoms with Crippen molar-refractivity contribution >= 4 is 24.2 Å². The van der Waals surface area contributed by atoms with E-state index >= 15 is 0 Å². The van der Waals surface area contributed by atoms with Crippen LogP contribution in [0.1, 0.15) is 50.0 Å². The minimum Gasteiger partial charge on any atom is -0.441 e. The largest absolute Gasteiger partial charge is 0.441 e. The number of alkyl carbamates (subject to hydrolysis) is 1. The fourth-order valence-corrected chi connectivity index (χ4v) is 6.54. The molecule has 0 bridgehead atoms. The molecule has 52 heavy (non-hydrogen) atoms. The van der Waals surface area contributed by atoms with Gasteiger partial charge in [-0.1, -0.05) is 91.8 Å². The van der Waals surface area contributed by atoms with Crippen LogP contribution in [-0.2, 0) is 29.0 Å². The minimum absolute atomic E-state index is 0.0717. The fraction of sp³-hybridized carbons (Fsp3) is 0.447. The van der Waals surface area contributed by atoms with E-state index in [9.17, 15) is 19.5 Å². The zero-order chi connectivity index (χ0) is 36.9. The Morgan fingerprint density at radius 1 is 1.00 bits per heavy atom. The minimum atomic E-state index is -1.09.